The maximum atomic E-state index is 12.0. The van der Waals surface area contributed by atoms with Gasteiger partial charge in [-0.05, 0) is 56.0 Å². The van der Waals surface area contributed by atoms with Crippen LogP contribution in [0.2, 0.25) is 0 Å². The zero-order valence-electron chi connectivity index (χ0n) is 14.4. The first-order chi connectivity index (χ1) is 12.6. The molecule has 2 aromatic carbocycles. The maximum absolute atomic E-state index is 12.0. The molecule has 0 spiro atoms. The summed E-state index contributed by atoms with van der Waals surface area (Å²) in [5.74, 6) is 0.414. The molecular weight excluding hydrogens is 332 g/mol. The van der Waals surface area contributed by atoms with Gasteiger partial charge in [-0.25, -0.2) is 9.59 Å². The summed E-state index contributed by atoms with van der Waals surface area (Å²) in [4.78, 5) is 24.1. The summed E-state index contributed by atoms with van der Waals surface area (Å²) in [5, 5.41) is 0.910. The van der Waals surface area contributed by atoms with Gasteiger partial charge < -0.3 is 13.9 Å². The molecule has 0 aliphatic heterocycles. The molecule has 0 atom stereocenters. The van der Waals surface area contributed by atoms with Crippen LogP contribution in [-0.4, -0.2) is 12.6 Å². The normalized spacial score (nSPS) is 12.8. The average Bonchev–Trinajstić information content (AvgIpc) is 3.12. The monoisotopic (exact) mass is 350 g/mol. The van der Waals surface area contributed by atoms with Crippen LogP contribution >= 0.6 is 0 Å². The molecule has 0 saturated carbocycles. The van der Waals surface area contributed by atoms with Crippen LogP contribution in [0.15, 0.2) is 51.7 Å². The minimum absolute atomic E-state index is 0.199. The highest BCUT2D eigenvalue weighted by Crippen LogP contribution is 2.29. The molecule has 5 nitrogen and oxygen atoms in total. The van der Waals surface area contributed by atoms with Crippen molar-refractivity contribution in [3.63, 3.8) is 0 Å². The molecule has 0 fully saturated rings. The number of esters is 1. The summed E-state index contributed by atoms with van der Waals surface area (Å²) < 4.78 is 16.1. The fourth-order valence-electron chi connectivity index (χ4n) is 3.27. The first-order valence-electron chi connectivity index (χ1n) is 8.59. The fraction of sp³-hybridized carbons (Fsp3) is 0.238. The Labute approximate surface area is 150 Å². The van der Waals surface area contributed by atoms with Gasteiger partial charge in [-0.15, -0.1) is 0 Å². The first kappa shape index (κ1) is 16.4. The summed E-state index contributed by atoms with van der Waals surface area (Å²) in [6.45, 7) is 1.78. The predicted molar refractivity (Wildman–Crippen MR) is 96.8 cm³/mol. The van der Waals surface area contributed by atoms with Crippen LogP contribution in [0.4, 0.5) is 0 Å². The van der Waals surface area contributed by atoms with Gasteiger partial charge in [-0.2, -0.15) is 0 Å². The van der Waals surface area contributed by atoms with E-state index in [4.69, 9.17) is 13.9 Å². The average molecular weight is 350 g/mol. The van der Waals surface area contributed by atoms with Crippen LogP contribution in [0.25, 0.3) is 11.0 Å². The van der Waals surface area contributed by atoms with E-state index in [2.05, 4.69) is 0 Å². The van der Waals surface area contributed by atoms with Gasteiger partial charge in [0.1, 0.15) is 17.1 Å². The number of rotatable bonds is 4. The van der Waals surface area contributed by atoms with Crippen LogP contribution < -0.4 is 15.1 Å². The molecular formula is C21H18O5. The smallest absolute Gasteiger partial charge is 0.349 e. The molecule has 1 aliphatic carbocycles. The Bertz CT molecular complexity index is 1030. The molecule has 0 saturated heterocycles. The summed E-state index contributed by atoms with van der Waals surface area (Å²) in [6, 6.07) is 12.5. The van der Waals surface area contributed by atoms with Crippen molar-refractivity contribution in [3.8, 4) is 11.5 Å². The number of benzene rings is 2. The Morgan fingerprint density at radius 3 is 2.58 bits per heavy atom. The summed E-state index contributed by atoms with van der Waals surface area (Å²) in [7, 11) is 0. The fourth-order valence-corrected chi connectivity index (χ4v) is 3.27. The van der Waals surface area contributed by atoms with Crippen molar-refractivity contribution in [3.05, 3.63) is 69.6 Å². The van der Waals surface area contributed by atoms with Crippen molar-refractivity contribution in [2.45, 2.75) is 26.2 Å². The first-order valence-corrected chi connectivity index (χ1v) is 8.59. The molecule has 0 N–H and O–H groups in total. The molecule has 0 radical (unpaired) electrons. The van der Waals surface area contributed by atoms with E-state index >= 15 is 0 Å². The molecule has 1 aliphatic rings. The van der Waals surface area contributed by atoms with Gasteiger partial charge >= 0.3 is 11.6 Å². The highest BCUT2D eigenvalue weighted by molar-refractivity contribution is 5.84. The van der Waals surface area contributed by atoms with E-state index in [1.165, 1.54) is 0 Å². The van der Waals surface area contributed by atoms with Gasteiger partial charge in [0.25, 0.3) is 0 Å². The van der Waals surface area contributed by atoms with Crippen LogP contribution in [0.1, 0.15) is 23.1 Å². The zero-order valence-corrected chi connectivity index (χ0v) is 14.4. The van der Waals surface area contributed by atoms with Crippen LogP contribution in [-0.2, 0) is 17.6 Å². The summed E-state index contributed by atoms with van der Waals surface area (Å²) in [6.07, 6.45) is 2.61. The van der Waals surface area contributed by atoms with E-state index in [0.29, 0.717) is 17.1 Å². The summed E-state index contributed by atoms with van der Waals surface area (Å²) in [5.41, 5.74) is 3.09. The molecule has 0 unspecified atom stereocenters. The van der Waals surface area contributed by atoms with E-state index in [1.807, 2.05) is 25.1 Å². The van der Waals surface area contributed by atoms with Gasteiger partial charge in [0.05, 0.1) is 0 Å². The minimum Gasteiger partial charge on any atom is -0.482 e. The zero-order chi connectivity index (χ0) is 18.1. The Kier molecular flexibility index (Phi) is 4.21. The van der Waals surface area contributed by atoms with Gasteiger partial charge in [0.15, 0.2) is 6.61 Å². The standard InChI is InChI=1S/C21H18O5/c1-13-5-7-14(8-6-13)24-12-20(22)25-15-9-10-17-16-3-2-4-18(16)21(23)26-19(17)11-15/h5-11H,2-4,12H2,1H3. The second kappa shape index (κ2) is 6.67. The highest BCUT2D eigenvalue weighted by atomic mass is 16.6. The number of hydrogen-bond donors (Lipinski definition) is 0. The third-order valence-corrected chi connectivity index (χ3v) is 4.55. The Hall–Kier alpha value is -3.08. The van der Waals surface area contributed by atoms with Crippen molar-refractivity contribution in [2.24, 2.45) is 0 Å². The van der Waals surface area contributed by atoms with Gasteiger partial charge in [-0.1, -0.05) is 17.7 Å². The van der Waals surface area contributed by atoms with Gasteiger partial charge in [-0.3, -0.25) is 0 Å². The molecule has 0 bridgehead atoms. The van der Waals surface area contributed by atoms with Gasteiger partial charge in [0.2, 0.25) is 0 Å². The van der Waals surface area contributed by atoms with Crippen molar-refractivity contribution in [1.82, 2.24) is 0 Å². The largest absolute Gasteiger partial charge is 0.482 e. The highest BCUT2D eigenvalue weighted by Gasteiger charge is 2.20. The van der Waals surface area contributed by atoms with E-state index in [9.17, 15) is 9.59 Å². The Balaban J connectivity index is 1.48. The van der Waals surface area contributed by atoms with E-state index < -0.39 is 5.97 Å². The van der Waals surface area contributed by atoms with E-state index in [0.717, 1.165) is 41.3 Å². The lowest BCUT2D eigenvalue weighted by atomic mass is 10.1. The van der Waals surface area contributed by atoms with Crippen LogP contribution in [0.5, 0.6) is 11.5 Å². The quantitative estimate of drug-likeness (QED) is 0.409. The lowest BCUT2D eigenvalue weighted by molar-refractivity contribution is -0.136. The number of fused-ring (bicyclic) bond motifs is 3. The number of aryl methyl sites for hydroxylation is 2. The number of carbonyl (C=O) groups is 1. The number of carbonyl (C=O) groups excluding carboxylic acids is 1. The molecule has 26 heavy (non-hydrogen) atoms. The second-order valence-electron chi connectivity index (χ2n) is 6.43. The third kappa shape index (κ3) is 3.20. The topological polar surface area (TPSA) is 65.7 Å². The SMILES string of the molecule is Cc1ccc(OCC(=O)Oc2ccc3c4c(c(=O)oc3c2)CCC4)cc1. The molecule has 132 valence electrons. The van der Waals surface area contributed by atoms with Crippen molar-refractivity contribution in [1.29, 1.82) is 0 Å². The molecule has 3 aromatic rings. The lowest BCUT2D eigenvalue weighted by Crippen LogP contribution is -2.17. The third-order valence-electron chi connectivity index (χ3n) is 4.55. The van der Waals surface area contributed by atoms with Crippen molar-refractivity contribution < 1.29 is 18.7 Å². The number of ether oxygens (including phenoxy) is 2. The van der Waals surface area contributed by atoms with Crippen molar-refractivity contribution >= 4 is 16.9 Å². The summed E-state index contributed by atoms with van der Waals surface area (Å²) >= 11 is 0. The minimum atomic E-state index is -0.520. The predicted octanol–water partition coefficient (Wildman–Crippen LogP) is 3.57. The molecule has 4 rings (SSSR count). The molecule has 1 heterocycles. The van der Waals surface area contributed by atoms with Crippen LogP contribution in [0.3, 0.4) is 0 Å². The lowest BCUT2D eigenvalue weighted by Gasteiger charge is -2.08. The van der Waals surface area contributed by atoms with Gasteiger partial charge in [0, 0.05) is 17.0 Å². The molecule has 5 heteroatoms. The maximum Gasteiger partial charge on any atom is 0.349 e. The Morgan fingerprint density at radius 1 is 1.04 bits per heavy atom. The molecule has 0 amide bonds. The molecule has 1 aromatic heterocycles. The Morgan fingerprint density at radius 2 is 1.77 bits per heavy atom. The van der Waals surface area contributed by atoms with Crippen LogP contribution in [0, 0.1) is 6.92 Å². The second-order valence-corrected chi connectivity index (χ2v) is 6.43. The van der Waals surface area contributed by atoms with Crippen molar-refractivity contribution in [2.75, 3.05) is 6.61 Å². The number of hydrogen-bond acceptors (Lipinski definition) is 5. The van der Waals surface area contributed by atoms with E-state index in [1.54, 1.807) is 24.3 Å². The van der Waals surface area contributed by atoms with E-state index in [-0.39, 0.29) is 12.2 Å².